The van der Waals surface area contributed by atoms with E-state index in [2.05, 4.69) is 23.1 Å². The van der Waals surface area contributed by atoms with Crippen molar-refractivity contribution in [1.82, 2.24) is 0 Å². The van der Waals surface area contributed by atoms with Crippen LogP contribution in [0.25, 0.3) is 0 Å². The first-order valence-electron chi connectivity index (χ1n) is 4.19. The highest BCUT2D eigenvalue weighted by molar-refractivity contribution is 5.95. The summed E-state index contributed by atoms with van der Waals surface area (Å²) in [4.78, 5) is 2.05. The fourth-order valence-electron chi connectivity index (χ4n) is 1.69. The van der Waals surface area contributed by atoms with Crippen LogP contribution in [0.4, 0.5) is 5.69 Å². The molecule has 0 bridgehead atoms. The summed E-state index contributed by atoms with van der Waals surface area (Å²) in [6.45, 7) is 2.80. The van der Waals surface area contributed by atoms with Crippen molar-refractivity contribution < 1.29 is 0 Å². The lowest BCUT2D eigenvalue weighted by molar-refractivity contribution is 1.01. The molecule has 0 amide bonds. The van der Waals surface area contributed by atoms with Crippen molar-refractivity contribution >= 4 is 11.5 Å². The molecular weight excluding hydrogens is 148 g/mol. The molecule has 0 radical (unpaired) electrons. The van der Waals surface area contributed by atoms with Crippen molar-refractivity contribution in [2.24, 2.45) is 0 Å². The summed E-state index contributed by atoms with van der Waals surface area (Å²) >= 11 is 0. The Balaban J connectivity index is 2.42. The van der Waals surface area contributed by atoms with E-state index >= 15 is 0 Å². The Kier molecular flexibility index (Phi) is 1.61. The van der Waals surface area contributed by atoms with E-state index in [0.717, 1.165) is 13.0 Å². The minimum absolute atomic E-state index is 0.639. The molecule has 0 unspecified atom stereocenters. The van der Waals surface area contributed by atoms with Gasteiger partial charge in [-0.05, 0) is 25.0 Å². The highest BCUT2D eigenvalue weighted by atomic mass is 15.2. The molecule has 2 heteroatoms. The third-order valence-electron chi connectivity index (χ3n) is 2.29. The summed E-state index contributed by atoms with van der Waals surface area (Å²) in [5.74, 6) is 0.639. The maximum atomic E-state index is 7.55. The van der Waals surface area contributed by atoms with E-state index < -0.39 is 0 Å². The molecule has 1 aromatic rings. The van der Waals surface area contributed by atoms with Gasteiger partial charge >= 0.3 is 0 Å². The third kappa shape index (κ3) is 0.998. The van der Waals surface area contributed by atoms with Crippen molar-refractivity contribution in [2.45, 2.75) is 13.3 Å². The Morgan fingerprint density at radius 2 is 2.17 bits per heavy atom. The lowest BCUT2D eigenvalue weighted by Gasteiger charge is -2.16. The molecule has 12 heavy (non-hydrogen) atoms. The molecule has 2 rings (SSSR count). The van der Waals surface area contributed by atoms with E-state index in [1.54, 1.807) is 0 Å². The van der Waals surface area contributed by atoms with E-state index in [1.165, 1.54) is 11.3 Å². The van der Waals surface area contributed by atoms with Crippen molar-refractivity contribution in [3.8, 4) is 0 Å². The number of para-hydroxylation sites is 1. The van der Waals surface area contributed by atoms with Gasteiger partial charge in [-0.2, -0.15) is 0 Å². The van der Waals surface area contributed by atoms with Crippen molar-refractivity contribution in [2.75, 3.05) is 11.4 Å². The second-order valence-corrected chi connectivity index (χ2v) is 3.12. The Labute approximate surface area is 72.3 Å². The Morgan fingerprint density at radius 3 is 2.92 bits per heavy atom. The van der Waals surface area contributed by atoms with Gasteiger partial charge < -0.3 is 4.90 Å². The van der Waals surface area contributed by atoms with Gasteiger partial charge in [0.15, 0.2) is 0 Å². The van der Waals surface area contributed by atoms with Gasteiger partial charge in [-0.15, -0.1) is 0 Å². The SMILES string of the molecule is CC(=N)N1CCc2ccccc21. The van der Waals surface area contributed by atoms with E-state index in [0.29, 0.717) is 5.84 Å². The number of nitrogens with zero attached hydrogens (tertiary/aromatic N) is 1. The van der Waals surface area contributed by atoms with Crippen LogP contribution in [0.2, 0.25) is 0 Å². The van der Waals surface area contributed by atoms with E-state index in [1.807, 2.05) is 13.0 Å². The summed E-state index contributed by atoms with van der Waals surface area (Å²) in [6.07, 6.45) is 1.08. The van der Waals surface area contributed by atoms with Crippen LogP contribution in [-0.2, 0) is 6.42 Å². The van der Waals surface area contributed by atoms with Crippen LogP contribution in [0.5, 0.6) is 0 Å². The van der Waals surface area contributed by atoms with Gasteiger partial charge in [0.1, 0.15) is 0 Å². The molecular formula is C10H12N2. The van der Waals surface area contributed by atoms with Gasteiger partial charge in [-0.25, -0.2) is 0 Å². The summed E-state index contributed by atoms with van der Waals surface area (Å²) in [7, 11) is 0. The number of nitrogens with one attached hydrogen (secondary N) is 1. The number of hydrogen-bond acceptors (Lipinski definition) is 1. The molecule has 0 spiro atoms. The standard InChI is InChI=1S/C10H12N2/c1-8(11)12-7-6-9-4-2-3-5-10(9)12/h2-5,11H,6-7H2,1H3. The third-order valence-corrected chi connectivity index (χ3v) is 2.29. The zero-order valence-corrected chi connectivity index (χ0v) is 7.17. The van der Waals surface area contributed by atoms with E-state index in [4.69, 9.17) is 5.41 Å². The molecule has 0 aromatic heterocycles. The normalized spacial score (nSPS) is 14.6. The topological polar surface area (TPSA) is 27.1 Å². The largest absolute Gasteiger partial charge is 0.330 e. The van der Waals surface area contributed by atoms with Gasteiger partial charge in [0, 0.05) is 12.2 Å². The van der Waals surface area contributed by atoms with Crippen LogP contribution in [0, 0.1) is 5.41 Å². The molecule has 0 fully saturated rings. The maximum Gasteiger partial charge on any atom is 0.0970 e. The number of hydrogen-bond donors (Lipinski definition) is 1. The first-order chi connectivity index (χ1) is 5.79. The maximum absolute atomic E-state index is 7.55. The molecule has 0 saturated heterocycles. The number of benzene rings is 1. The second-order valence-electron chi connectivity index (χ2n) is 3.12. The van der Waals surface area contributed by atoms with Crippen LogP contribution in [0.3, 0.4) is 0 Å². The van der Waals surface area contributed by atoms with Crippen LogP contribution in [-0.4, -0.2) is 12.4 Å². The Hall–Kier alpha value is -1.31. The molecule has 1 aromatic carbocycles. The monoisotopic (exact) mass is 160 g/mol. The predicted octanol–water partition coefficient (Wildman–Crippen LogP) is 2.05. The number of rotatable bonds is 0. The minimum atomic E-state index is 0.639. The zero-order chi connectivity index (χ0) is 8.55. The van der Waals surface area contributed by atoms with Gasteiger partial charge in [-0.3, -0.25) is 5.41 Å². The Bertz CT molecular complexity index is 317. The molecule has 2 nitrogen and oxygen atoms in total. The summed E-state index contributed by atoms with van der Waals surface area (Å²) in [5, 5.41) is 7.55. The van der Waals surface area contributed by atoms with Crippen LogP contribution in [0.15, 0.2) is 24.3 Å². The number of amidine groups is 1. The molecule has 1 aliphatic heterocycles. The van der Waals surface area contributed by atoms with E-state index in [-0.39, 0.29) is 0 Å². The summed E-state index contributed by atoms with van der Waals surface area (Å²) in [5.41, 5.74) is 2.58. The zero-order valence-electron chi connectivity index (χ0n) is 7.17. The molecule has 0 aliphatic carbocycles. The minimum Gasteiger partial charge on any atom is -0.330 e. The Morgan fingerprint density at radius 1 is 1.42 bits per heavy atom. The van der Waals surface area contributed by atoms with Crippen LogP contribution < -0.4 is 4.90 Å². The lowest BCUT2D eigenvalue weighted by Crippen LogP contribution is -2.25. The highest BCUT2D eigenvalue weighted by Crippen LogP contribution is 2.26. The quantitative estimate of drug-likeness (QED) is 0.456. The van der Waals surface area contributed by atoms with Crippen molar-refractivity contribution in [3.63, 3.8) is 0 Å². The molecule has 1 N–H and O–H groups in total. The smallest absolute Gasteiger partial charge is 0.0970 e. The highest BCUT2D eigenvalue weighted by Gasteiger charge is 2.18. The molecule has 1 aliphatic rings. The number of fused-ring (bicyclic) bond motifs is 1. The summed E-state index contributed by atoms with van der Waals surface area (Å²) < 4.78 is 0. The van der Waals surface area contributed by atoms with E-state index in [9.17, 15) is 0 Å². The number of anilines is 1. The van der Waals surface area contributed by atoms with Gasteiger partial charge in [0.05, 0.1) is 5.84 Å². The first kappa shape index (κ1) is 7.35. The van der Waals surface area contributed by atoms with Crippen molar-refractivity contribution in [1.29, 1.82) is 5.41 Å². The summed E-state index contributed by atoms with van der Waals surface area (Å²) in [6, 6.07) is 8.31. The van der Waals surface area contributed by atoms with Gasteiger partial charge in [-0.1, -0.05) is 18.2 Å². The fourth-order valence-corrected chi connectivity index (χ4v) is 1.69. The average molecular weight is 160 g/mol. The van der Waals surface area contributed by atoms with Crippen LogP contribution in [0.1, 0.15) is 12.5 Å². The van der Waals surface area contributed by atoms with Gasteiger partial charge in [0.2, 0.25) is 0 Å². The van der Waals surface area contributed by atoms with Crippen molar-refractivity contribution in [3.05, 3.63) is 29.8 Å². The molecule has 0 atom stereocenters. The molecule has 0 saturated carbocycles. The van der Waals surface area contributed by atoms with Crippen LogP contribution >= 0.6 is 0 Å². The molecule has 1 heterocycles. The predicted molar refractivity (Wildman–Crippen MR) is 50.9 cm³/mol. The first-order valence-corrected chi connectivity index (χ1v) is 4.19. The second kappa shape index (κ2) is 2.63. The lowest BCUT2D eigenvalue weighted by atomic mass is 10.2. The fraction of sp³-hybridized carbons (Fsp3) is 0.300. The average Bonchev–Trinajstić information content (AvgIpc) is 2.47. The molecule has 62 valence electrons. The van der Waals surface area contributed by atoms with Gasteiger partial charge in [0.25, 0.3) is 0 Å².